The Morgan fingerprint density at radius 1 is 1.27 bits per heavy atom. The first-order valence-electron chi connectivity index (χ1n) is 4.52. The maximum atomic E-state index is 8.88. The van der Waals surface area contributed by atoms with Gasteiger partial charge in [-0.2, -0.15) is 5.26 Å². The summed E-state index contributed by atoms with van der Waals surface area (Å²) in [6, 6.07) is 7.61. The third-order valence-corrected chi connectivity index (χ3v) is 2.13. The van der Waals surface area contributed by atoms with Gasteiger partial charge >= 0.3 is 0 Å². The van der Waals surface area contributed by atoms with Gasteiger partial charge in [-0.1, -0.05) is 6.07 Å². The Hall–Kier alpha value is -2.15. The van der Waals surface area contributed by atoms with Gasteiger partial charge in [0.1, 0.15) is 0 Å². The number of hydrogen-bond donors (Lipinski definition) is 0. The maximum absolute atomic E-state index is 8.88. The van der Waals surface area contributed by atoms with Crippen molar-refractivity contribution in [1.29, 1.82) is 5.26 Å². The largest absolute Gasteiger partial charge is 0.421 e. The molecule has 1 heterocycles. The van der Waals surface area contributed by atoms with E-state index < -0.39 is 0 Å². The molecule has 0 fully saturated rings. The fourth-order valence-electron chi connectivity index (χ4n) is 1.29. The second kappa shape index (κ2) is 3.54. The minimum Gasteiger partial charge on any atom is -0.421 e. The van der Waals surface area contributed by atoms with E-state index in [1.54, 1.807) is 13.0 Å². The number of hydrogen-bond acceptors (Lipinski definition) is 4. The second-order valence-electron chi connectivity index (χ2n) is 3.27. The average Bonchev–Trinajstić information content (AvgIpc) is 2.66. The first-order chi connectivity index (χ1) is 7.20. The molecule has 0 amide bonds. The van der Waals surface area contributed by atoms with Gasteiger partial charge in [0.25, 0.3) is 0 Å². The Morgan fingerprint density at radius 3 is 2.67 bits per heavy atom. The molecule has 0 unspecified atom stereocenters. The molecule has 0 aliphatic carbocycles. The molecular weight excluding hydrogens is 190 g/mol. The van der Waals surface area contributed by atoms with Crippen LogP contribution < -0.4 is 0 Å². The first-order valence-corrected chi connectivity index (χ1v) is 4.52. The van der Waals surface area contributed by atoms with Gasteiger partial charge in [0.15, 0.2) is 0 Å². The molecule has 4 heteroatoms. The average molecular weight is 199 g/mol. The van der Waals surface area contributed by atoms with Crippen molar-refractivity contribution < 1.29 is 4.42 Å². The van der Waals surface area contributed by atoms with E-state index in [4.69, 9.17) is 9.68 Å². The fraction of sp³-hybridized carbons (Fsp3) is 0.182. The lowest BCUT2D eigenvalue weighted by atomic mass is 10.1. The summed E-state index contributed by atoms with van der Waals surface area (Å²) in [6.07, 6.45) is 0. The predicted octanol–water partition coefficient (Wildman–Crippen LogP) is 2.23. The van der Waals surface area contributed by atoms with Gasteiger partial charge in [0, 0.05) is 12.5 Å². The summed E-state index contributed by atoms with van der Waals surface area (Å²) >= 11 is 0. The lowest BCUT2D eigenvalue weighted by molar-refractivity contribution is 0.533. The summed E-state index contributed by atoms with van der Waals surface area (Å²) in [5, 5.41) is 16.5. The van der Waals surface area contributed by atoms with Crippen LogP contribution in [0.15, 0.2) is 22.6 Å². The Balaban J connectivity index is 2.51. The third kappa shape index (κ3) is 1.72. The van der Waals surface area contributed by atoms with Crippen LogP contribution in [0.2, 0.25) is 0 Å². The zero-order valence-corrected chi connectivity index (χ0v) is 8.48. The predicted molar refractivity (Wildman–Crippen MR) is 53.9 cm³/mol. The van der Waals surface area contributed by atoms with Crippen molar-refractivity contribution in [1.82, 2.24) is 10.2 Å². The molecule has 0 aliphatic heterocycles. The summed E-state index contributed by atoms with van der Waals surface area (Å²) in [6.45, 7) is 3.62. The highest BCUT2D eigenvalue weighted by Crippen LogP contribution is 2.20. The van der Waals surface area contributed by atoms with Gasteiger partial charge < -0.3 is 4.42 Å². The van der Waals surface area contributed by atoms with Crippen LogP contribution in [-0.2, 0) is 0 Å². The van der Waals surface area contributed by atoms with Crippen LogP contribution in [0.25, 0.3) is 11.5 Å². The Labute approximate surface area is 87.2 Å². The molecule has 0 aliphatic rings. The normalized spacial score (nSPS) is 9.93. The number of rotatable bonds is 1. The standard InChI is InChI=1S/C11H9N3O/c1-7-3-4-9(5-10(7)6-12)11-14-13-8(2)15-11/h3-5H,1-2H3. The lowest BCUT2D eigenvalue weighted by Gasteiger charge is -1.98. The molecule has 0 saturated heterocycles. The molecule has 0 N–H and O–H groups in total. The molecule has 1 aromatic carbocycles. The van der Waals surface area contributed by atoms with Gasteiger partial charge in [0.05, 0.1) is 11.6 Å². The van der Waals surface area contributed by atoms with Crippen molar-refractivity contribution in [3.8, 4) is 17.5 Å². The van der Waals surface area contributed by atoms with E-state index in [0.29, 0.717) is 17.3 Å². The molecule has 0 bridgehead atoms. The van der Waals surface area contributed by atoms with Crippen molar-refractivity contribution in [2.75, 3.05) is 0 Å². The molecule has 0 atom stereocenters. The van der Waals surface area contributed by atoms with Crippen LogP contribution in [0.1, 0.15) is 17.0 Å². The highest BCUT2D eigenvalue weighted by Gasteiger charge is 2.07. The highest BCUT2D eigenvalue weighted by atomic mass is 16.4. The Bertz CT molecular complexity index is 537. The van der Waals surface area contributed by atoms with Crippen molar-refractivity contribution in [2.45, 2.75) is 13.8 Å². The summed E-state index contributed by atoms with van der Waals surface area (Å²) < 4.78 is 5.28. The molecule has 74 valence electrons. The highest BCUT2D eigenvalue weighted by molar-refractivity contribution is 5.57. The molecule has 4 nitrogen and oxygen atoms in total. The van der Waals surface area contributed by atoms with Crippen LogP contribution in [0.5, 0.6) is 0 Å². The van der Waals surface area contributed by atoms with E-state index >= 15 is 0 Å². The zero-order valence-electron chi connectivity index (χ0n) is 8.48. The Morgan fingerprint density at radius 2 is 2.07 bits per heavy atom. The number of nitrogens with zero attached hydrogens (tertiary/aromatic N) is 3. The van der Waals surface area contributed by atoms with Crippen molar-refractivity contribution >= 4 is 0 Å². The summed E-state index contributed by atoms with van der Waals surface area (Å²) in [5.74, 6) is 0.966. The lowest BCUT2D eigenvalue weighted by Crippen LogP contribution is -1.84. The maximum Gasteiger partial charge on any atom is 0.247 e. The van der Waals surface area contributed by atoms with Gasteiger partial charge in [-0.3, -0.25) is 0 Å². The van der Waals surface area contributed by atoms with Crippen LogP contribution in [0.4, 0.5) is 0 Å². The van der Waals surface area contributed by atoms with Gasteiger partial charge in [-0.05, 0) is 24.6 Å². The van der Waals surface area contributed by atoms with Crippen LogP contribution >= 0.6 is 0 Å². The number of benzene rings is 1. The molecule has 2 rings (SSSR count). The molecular formula is C11H9N3O. The number of aromatic nitrogens is 2. The van der Waals surface area contributed by atoms with Gasteiger partial charge in [-0.25, -0.2) is 0 Å². The van der Waals surface area contributed by atoms with E-state index in [1.807, 2.05) is 19.1 Å². The van der Waals surface area contributed by atoms with Crippen LogP contribution in [0, 0.1) is 25.2 Å². The fourth-order valence-corrected chi connectivity index (χ4v) is 1.29. The second-order valence-corrected chi connectivity index (χ2v) is 3.27. The van der Waals surface area contributed by atoms with Gasteiger partial charge in [-0.15, -0.1) is 10.2 Å². The monoisotopic (exact) mass is 199 g/mol. The third-order valence-electron chi connectivity index (χ3n) is 2.13. The number of nitriles is 1. The SMILES string of the molecule is Cc1nnc(-c2ccc(C)c(C#N)c2)o1. The minimum atomic E-state index is 0.448. The molecule has 0 radical (unpaired) electrons. The Kier molecular flexibility index (Phi) is 2.22. The van der Waals surface area contributed by atoms with E-state index in [9.17, 15) is 0 Å². The summed E-state index contributed by atoms with van der Waals surface area (Å²) in [5.41, 5.74) is 2.35. The van der Waals surface area contributed by atoms with Gasteiger partial charge in [0.2, 0.25) is 11.8 Å². The molecule has 0 saturated carbocycles. The smallest absolute Gasteiger partial charge is 0.247 e. The van der Waals surface area contributed by atoms with E-state index in [-0.39, 0.29) is 0 Å². The molecule has 15 heavy (non-hydrogen) atoms. The molecule has 1 aromatic heterocycles. The summed E-state index contributed by atoms with van der Waals surface area (Å²) in [7, 11) is 0. The van der Waals surface area contributed by atoms with E-state index in [2.05, 4.69) is 16.3 Å². The van der Waals surface area contributed by atoms with Crippen molar-refractivity contribution in [3.63, 3.8) is 0 Å². The molecule has 0 spiro atoms. The van der Waals surface area contributed by atoms with Crippen LogP contribution in [-0.4, -0.2) is 10.2 Å². The van der Waals surface area contributed by atoms with Crippen molar-refractivity contribution in [3.05, 3.63) is 35.2 Å². The van der Waals surface area contributed by atoms with Crippen molar-refractivity contribution in [2.24, 2.45) is 0 Å². The quantitative estimate of drug-likeness (QED) is 0.706. The topological polar surface area (TPSA) is 62.7 Å². The summed E-state index contributed by atoms with van der Waals surface area (Å²) in [4.78, 5) is 0. The molecule has 2 aromatic rings. The minimum absolute atomic E-state index is 0.448. The first kappa shape index (κ1) is 9.41. The van der Waals surface area contributed by atoms with Crippen LogP contribution in [0.3, 0.4) is 0 Å². The van der Waals surface area contributed by atoms with E-state index in [1.165, 1.54) is 0 Å². The zero-order chi connectivity index (χ0) is 10.8. The van der Waals surface area contributed by atoms with E-state index in [0.717, 1.165) is 11.1 Å². The number of aryl methyl sites for hydroxylation is 2.